The highest BCUT2D eigenvalue weighted by Crippen LogP contribution is 2.42. The number of ketones is 1. The zero-order valence-electron chi connectivity index (χ0n) is 17.4. The van der Waals surface area contributed by atoms with Gasteiger partial charge in [0, 0.05) is 23.4 Å². The summed E-state index contributed by atoms with van der Waals surface area (Å²) < 4.78 is 8.12. The lowest BCUT2D eigenvalue weighted by molar-refractivity contribution is -0.116. The summed E-state index contributed by atoms with van der Waals surface area (Å²) in [6, 6.07) is 5.68. The standard InChI is InChI=1S/C22H27BrN4O2S/c1-3-4-5-6-12-30-22-25-21-24-16-8-7-9-17(28)19(16)20(27(21)26-22)14-10-11-18(29-2)15(23)13-14/h10-11,13,20H,3-9,12H2,1-2H3,(H,24,25,26)/t20-/m1/s1. The SMILES string of the molecule is CCCCCCSc1nc2n(n1)[C@H](c1ccc(OC)c(Br)c1)C1=C(CCCC1=O)N2. The quantitative estimate of drug-likeness (QED) is 0.375. The van der Waals surface area contributed by atoms with Crippen LogP contribution in [-0.2, 0) is 4.79 Å². The summed E-state index contributed by atoms with van der Waals surface area (Å²) in [7, 11) is 1.65. The molecule has 30 heavy (non-hydrogen) atoms. The number of halogens is 1. The second-order valence-electron chi connectivity index (χ2n) is 7.66. The molecule has 0 saturated heterocycles. The molecule has 2 aliphatic rings. The van der Waals surface area contributed by atoms with Crippen molar-refractivity contribution < 1.29 is 9.53 Å². The Morgan fingerprint density at radius 3 is 2.93 bits per heavy atom. The third-order valence-electron chi connectivity index (χ3n) is 5.57. The van der Waals surface area contributed by atoms with Crippen LogP contribution in [0.25, 0.3) is 0 Å². The molecule has 0 saturated carbocycles. The number of rotatable bonds is 8. The summed E-state index contributed by atoms with van der Waals surface area (Å²) in [4.78, 5) is 17.6. The van der Waals surface area contributed by atoms with Crippen LogP contribution in [0.3, 0.4) is 0 Å². The van der Waals surface area contributed by atoms with E-state index in [1.54, 1.807) is 18.9 Å². The van der Waals surface area contributed by atoms with Gasteiger partial charge < -0.3 is 10.1 Å². The molecule has 0 spiro atoms. The lowest BCUT2D eigenvalue weighted by atomic mass is 9.85. The number of anilines is 1. The van der Waals surface area contributed by atoms with Crippen LogP contribution in [0, 0.1) is 0 Å². The average Bonchev–Trinajstić information content (AvgIpc) is 3.14. The number of hydrogen-bond acceptors (Lipinski definition) is 6. The molecule has 8 heteroatoms. The number of nitrogens with one attached hydrogen (secondary N) is 1. The minimum absolute atomic E-state index is 0.190. The first-order valence-electron chi connectivity index (χ1n) is 10.6. The molecule has 1 aliphatic heterocycles. The number of allylic oxidation sites excluding steroid dienone is 2. The maximum Gasteiger partial charge on any atom is 0.227 e. The second kappa shape index (κ2) is 9.56. The molecule has 0 bridgehead atoms. The number of unbranched alkanes of at least 4 members (excludes halogenated alkanes) is 3. The first kappa shape index (κ1) is 21.4. The first-order chi connectivity index (χ1) is 14.6. The van der Waals surface area contributed by atoms with Crippen LogP contribution in [0.5, 0.6) is 5.75 Å². The van der Waals surface area contributed by atoms with Gasteiger partial charge in [0.15, 0.2) is 5.78 Å². The summed E-state index contributed by atoms with van der Waals surface area (Å²) in [6.07, 6.45) is 7.22. The summed E-state index contributed by atoms with van der Waals surface area (Å²) in [5, 5.41) is 8.96. The van der Waals surface area contributed by atoms with E-state index < -0.39 is 0 Å². The van der Waals surface area contributed by atoms with E-state index in [9.17, 15) is 4.79 Å². The van der Waals surface area contributed by atoms with Gasteiger partial charge in [0.1, 0.15) is 11.8 Å². The number of methoxy groups -OCH3 is 1. The van der Waals surface area contributed by atoms with Gasteiger partial charge >= 0.3 is 0 Å². The zero-order valence-corrected chi connectivity index (χ0v) is 19.8. The van der Waals surface area contributed by atoms with Crippen molar-refractivity contribution in [1.29, 1.82) is 0 Å². The number of benzene rings is 1. The van der Waals surface area contributed by atoms with E-state index in [4.69, 9.17) is 14.8 Å². The molecule has 0 unspecified atom stereocenters. The number of carbonyl (C=O) groups is 1. The Hall–Kier alpha value is -1.80. The van der Waals surface area contributed by atoms with Gasteiger partial charge in [-0.2, -0.15) is 4.98 Å². The van der Waals surface area contributed by atoms with Crippen molar-refractivity contribution in [2.75, 3.05) is 18.2 Å². The van der Waals surface area contributed by atoms with Crippen LogP contribution in [0.2, 0.25) is 0 Å². The second-order valence-corrected chi connectivity index (χ2v) is 9.58. The van der Waals surface area contributed by atoms with Crippen molar-refractivity contribution in [1.82, 2.24) is 14.8 Å². The fraction of sp³-hybridized carbons (Fsp3) is 0.500. The van der Waals surface area contributed by atoms with E-state index in [0.717, 1.165) is 63.2 Å². The highest BCUT2D eigenvalue weighted by atomic mass is 79.9. The topological polar surface area (TPSA) is 69.0 Å². The van der Waals surface area contributed by atoms with E-state index in [1.807, 2.05) is 22.9 Å². The number of nitrogens with zero attached hydrogens (tertiary/aromatic N) is 3. The molecule has 1 aliphatic carbocycles. The minimum atomic E-state index is -0.270. The van der Waals surface area contributed by atoms with Crippen LogP contribution >= 0.6 is 27.7 Å². The van der Waals surface area contributed by atoms with E-state index >= 15 is 0 Å². The number of thioether (sulfide) groups is 1. The fourth-order valence-corrected chi connectivity index (χ4v) is 5.44. The maximum absolute atomic E-state index is 12.9. The molecule has 160 valence electrons. The largest absolute Gasteiger partial charge is 0.496 e. The van der Waals surface area contributed by atoms with Crippen molar-refractivity contribution in [3.63, 3.8) is 0 Å². The predicted octanol–water partition coefficient (Wildman–Crippen LogP) is 5.74. The third-order valence-corrected chi connectivity index (χ3v) is 7.11. The van der Waals surface area contributed by atoms with Crippen LogP contribution in [0.1, 0.15) is 63.5 Å². The molecule has 0 radical (unpaired) electrons. The van der Waals surface area contributed by atoms with E-state index in [2.05, 4.69) is 28.2 Å². The number of fused-ring (bicyclic) bond motifs is 1. The molecule has 1 aromatic heterocycles. The Kier molecular flexibility index (Phi) is 6.83. The van der Waals surface area contributed by atoms with Crippen molar-refractivity contribution in [2.45, 2.75) is 63.1 Å². The Morgan fingerprint density at radius 2 is 2.17 bits per heavy atom. The van der Waals surface area contributed by atoms with Crippen molar-refractivity contribution in [2.24, 2.45) is 0 Å². The third kappa shape index (κ3) is 4.30. The number of ether oxygens (including phenoxy) is 1. The predicted molar refractivity (Wildman–Crippen MR) is 123 cm³/mol. The van der Waals surface area contributed by atoms with Crippen LogP contribution in [0.4, 0.5) is 5.95 Å². The maximum atomic E-state index is 12.9. The lowest BCUT2D eigenvalue weighted by Crippen LogP contribution is -2.31. The molecule has 2 aromatic rings. The molecular formula is C22H27BrN4O2S. The Bertz CT molecular complexity index is 972. The highest BCUT2D eigenvalue weighted by Gasteiger charge is 2.37. The van der Waals surface area contributed by atoms with Gasteiger partial charge in [-0.05, 0) is 52.9 Å². The Balaban J connectivity index is 1.67. The van der Waals surface area contributed by atoms with Crippen LogP contribution < -0.4 is 10.1 Å². The van der Waals surface area contributed by atoms with E-state index in [-0.39, 0.29) is 11.8 Å². The summed E-state index contributed by atoms with van der Waals surface area (Å²) in [5.74, 6) is 2.68. The van der Waals surface area contributed by atoms with Crippen molar-refractivity contribution >= 4 is 39.4 Å². The molecule has 2 heterocycles. The van der Waals surface area contributed by atoms with E-state index in [1.165, 1.54) is 19.3 Å². The number of hydrogen-bond donors (Lipinski definition) is 1. The van der Waals surface area contributed by atoms with Gasteiger partial charge in [-0.1, -0.05) is 44.0 Å². The van der Waals surface area contributed by atoms with Crippen molar-refractivity contribution in [3.05, 3.63) is 39.5 Å². The molecule has 0 fully saturated rings. The molecular weight excluding hydrogens is 464 g/mol. The molecule has 1 atom stereocenters. The number of Topliss-reactive ketones (excluding diaryl/α,β-unsaturated/α-hetero) is 1. The van der Waals surface area contributed by atoms with Gasteiger partial charge in [0.25, 0.3) is 0 Å². The van der Waals surface area contributed by atoms with Gasteiger partial charge in [0.2, 0.25) is 11.1 Å². The molecule has 4 rings (SSSR count). The van der Waals surface area contributed by atoms with Crippen molar-refractivity contribution in [3.8, 4) is 5.75 Å². The Labute approximate surface area is 190 Å². The van der Waals surface area contributed by atoms with Gasteiger partial charge in [-0.25, -0.2) is 4.68 Å². The van der Waals surface area contributed by atoms with Gasteiger partial charge in [-0.15, -0.1) is 5.10 Å². The summed E-state index contributed by atoms with van der Waals surface area (Å²) >= 11 is 5.28. The summed E-state index contributed by atoms with van der Waals surface area (Å²) in [5.41, 5.74) is 2.80. The van der Waals surface area contributed by atoms with E-state index in [0.29, 0.717) is 6.42 Å². The molecule has 0 amide bonds. The molecule has 6 nitrogen and oxygen atoms in total. The first-order valence-corrected chi connectivity index (χ1v) is 12.4. The summed E-state index contributed by atoms with van der Waals surface area (Å²) in [6.45, 7) is 2.22. The lowest BCUT2D eigenvalue weighted by Gasteiger charge is -2.32. The molecule has 1 N–H and O–H groups in total. The molecule has 1 aromatic carbocycles. The smallest absolute Gasteiger partial charge is 0.227 e. The minimum Gasteiger partial charge on any atom is -0.496 e. The van der Waals surface area contributed by atoms with Gasteiger partial charge in [-0.3, -0.25) is 4.79 Å². The Morgan fingerprint density at radius 1 is 1.30 bits per heavy atom. The highest BCUT2D eigenvalue weighted by molar-refractivity contribution is 9.10. The zero-order chi connectivity index (χ0) is 21.1. The van der Waals surface area contributed by atoms with Crippen LogP contribution in [0.15, 0.2) is 39.1 Å². The average molecular weight is 491 g/mol. The van der Waals surface area contributed by atoms with Crippen LogP contribution in [-0.4, -0.2) is 33.4 Å². The number of aromatic nitrogens is 3. The van der Waals surface area contributed by atoms with Gasteiger partial charge in [0.05, 0.1) is 11.6 Å². The monoisotopic (exact) mass is 490 g/mol. The fourth-order valence-electron chi connectivity index (χ4n) is 4.05. The normalized spacial score (nSPS) is 18.1. The number of carbonyl (C=O) groups excluding carboxylic acids is 1.